The van der Waals surface area contributed by atoms with Gasteiger partial charge in [0.05, 0.1) is 0 Å². The molecule has 2 unspecified atom stereocenters. The largest absolute Gasteiger partial charge is 0.309 e. The van der Waals surface area contributed by atoms with Crippen LogP contribution in [0.5, 0.6) is 0 Å². The Morgan fingerprint density at radius 1 is 0.676 bits per heavy atom. The normalized spacial score (nSPS) is 13.1. The lowest BCUT2D eigenvalue weighted by Crippen LogP contribution is -2.29. The van der Waals surface area contributed by atoms with Gasteiger partial charge in [0.15, 0.2) is 0 Å². The van der Waals surface area contributed by atoms with E-state index in [1.165, 1.54) is 54.2 Å². The second kappa shape index (κ2) is 10.6. The van der Waals surface area contributed by atoms with Crippen molar-refractivity contribution in [3.05, 3.63) is 120 Å². The van der Waals surface area contributed by atoms with Gasteiger partial charge >= 0.3 is 0 Å². The second-order valence-electron chi connectivity index (χ2n) is 9.76. The second-order valence-corrected chi connectivity index (χ2v) is 10.7. The van der Waals surface area contributed by atoms with Crippen LogP contribution in [0.2, 0.25) is 0 Å². The van der Waals surface area contributed by atoms with Crippen molar-refractivity contribution in [2.45, 2.75) is 19.5 Å². The Bertz CT molecular complexity index is 1710. The highest BCUT2D eigenvalue weighted by atomic mass is 31.1. The Morgan fingerprint density at radius 2 is 1.19 bits per heavy atom. The average Bonchev–Trinajstić information content (AvgIpc) is 2.96. The molecule has 0 aliphatic carbocycles. The summed E-state index contributed by atoms with van der Waals surface area (Å²) in [5, 5.41) is 14.2. The number of benzene rings is 6. The molecule has 4 heteroatoms. The molecule has 6 aromatic carbocycles. The summed E-state index contributed by atoms with van der Waals surface area (Å²) in [5.41, 5.74) is 8.95. The van der Waals surface area contributed by atoms with Crippen LogP contribution in [0.25, 0.3) is 43.1 Å². The summed E-state index contributed by atoms with van der Waals surface area (Å²) in [5.74, 6) is 0. The van der Waals surface area contributed by atoms with Crippen molar-refractivity contribution in [2.24, 2.45) is 5.50 Å². The molecule has 0 spiro atoms. The lowest BCUT2D eigenvalue weighted by molar-refractivity contribution is 0.431. The lowest BCUT2D eigenvalue weighted by atomic mass is 9.94. The number of nitrogens with zero attached hydrogens (tertiary/aromatic N) is 1. The monoisotopic (exact) mass is 501 g/mol. The van der Waals surface area contributed by atoms with Crippen LogP contribution in [-0.2, 0) is 6.54 Å². The highest BCUT2D eigenvalue weighted by molar-refractivity contribution is 7.32. The maximum absolute atomic E-state index is 6.27. The summed E-state index contributed by atoms with van der Waals surface area (Å²) in [6.07, 6.45) is 0. The van der Waals surface area contributed by atoms with Gasteiger partial charge in [-0.2, -0.15) is 0 Å². The molecular weight excluding hydrogens is 469 g/mol. The molecule has 0 saturated carbocycles. The molecule has 0 aliphatic heterocycles. The van der Waals surface area contributed by atoms with Gasteiger partial charge in [0.2, 0.25) is 0 Å². The minimum Gasteiger partial charge on any atom is -0.309 e. The van der Waals surface area contributed by atoms with E-state index in [1.807, 2.05) is 0 Å². The molecule has 0 saturated heterocycles. The van der Waals surface area contributed by atoms with Crippen molar-refractivity contribution in [1.29, 1.82) is 0 Å². The Kier molecular flexibility index (Phi) is 6.87. The van der Waals surface area contributed by atoms with Crippen LogP contribution in [0.15, 0.2) is 109 Å². The number of hydrogen-bond acceptors (Lipinski definition) is 3. The third-order valence-electron chi connectivity index (χ3n) is 7.50. The van der Waals surface area contributed by atoms with Gasteiger partial charge in [0.25, 0.3) is 0 Å². The number of hydrogen-bond donors (Lipinski definition) is 2. The predicted molar refractivity (Wildman–Crippen MR) is 162 cm³/mol. The van der Waals surface area contributed by atoms with E-state index in [4.69, 9.17) is 5.50 Å². The van der Waals surface area contributed by atoms with Crippen molar-refractivity contribution >= 4 is 52.0 Å². The number of fused-ring (bicyclic) bond motifs is 6. The molecule has 2 atom stereocenters. The van der Waals surface area contributed by atoms with Crippen molar-refractivity contribution in [3.63, 3.8) is 0 Å². The molecule has 6 rings (SSSR count). The Labute approximate surface area is 220 Å². The molecule has 0 fully saturated rings. The third-order valence-corrected chi connectivity index (χ3v) is 8.24. The summed E-state index contributed by atoms with van der Waals surface area (Å²) in [7, 11) is 0.257. The summed E-state index contributed by atoms with van der Waals surface area (Å²) in [4.78, 5) is 0. The van der Waals surface area contributed by atoms with E-state index in [2.05, 4.69) is 126 Å². The molecule has 37 heavy (non-hydrogen) atoms. The molecule has 0 aliphatic rings. The summed E-state index contributed by atoms with van der Waals surface area (Å²) in [6, 6.07) is 39.7. The molecule has 6 aromatic rings. The van der Waals surface area contributed by atoms with E-state index in [0.717, 1.165) is 19.6 Å². The molecule has 0 aromatic heterocycles. The zero-order valence-electron chi connectivity index (χ0n) is 21.1. The topological polar surface area (TPSA) is 41.3 Å². The van der Waals surface area contributed by atoms with Crippen LogP contribution in [0.1, 0.15) is 24.1 Å². The van der Waals surface area contributed by atoms with Crippen LogP contribution in [0.4, 0.5) is 0 Å². The van der Waals surface area contributed by atoms with Crippen molar-refractivity contribution in [2.75, 3.05) is 13.1 Å². The fourth-order valence-corrected chi connectivity index (χ4v) is 6.13. The molecule has 0 bridgehead atoms. The number of nitrogens with one attached hydrogen (secondary N) is 1. The van der Waals surface area contributed by atoms with Gasteiger partial charge in [0, 0.05) is 34.6 Å². The van der Waals surface area contributed by atoms with Crippen LogP contribution in [-0.4, -0.2) is 17.8 Å². The first-order valence-electron chi connectivity index (χ1n) is 13.0. The molecule has 0 amide bonds. The molecule has 0 heterocycles. The molecule has 184 valence electrons. The fourth-order valence-electron chi connectivity index (χ4n) is 5.62. The summed E-state index contributed by atoms with van der Waals surface area (Å²) >= 11 is 0. The molecule has 0 radical (unpaired) electrons. The van der Waals surface area contributed by atoms with E-state index >= 15 is 0 Å². The highest BCUT2D eigenvalue weighted by Gasteiger charge is 2.14. The average molecular weight is 502 g/mol. The minimum absolute atomic E-state index is 0.235. The third kappa shape index (κ3) is 4.72. The highest BCUT2D eigenvalue weighted by Crippen LogP contribution is 2.33. The van der Waals surface area contributed by atoms with Crippen LogP contribution < -0.4 is 10.8 Å². The van der Waals surface area contributed by atoms with Crippen molar-refractivity contribution < 1.29 is 0 Å². The quantitative estimate of drug-likeness (QED) is 0.164. The minimum atomic E-state index is 0.235. The smallest absolute Gasteiger partial charge is 0.0298 e. The Hall–Kier alpha value is -3.33. The van der Waals surface area contributed by atoms with Crippen molar-refractivity contribution in [1.82, 2.24) is 9.99 Å². The Balaban J connectivity index is 1.21. The van der Waals surface area contributed by atoms with E-state index < -0.39 is 0 Å². The van der Waals surface area contributed by atoms with Crippen molar-refractivity contribution in [3.8, 4) is 0 Å². The maximum Gasteiger partial charge on any atom is 0.0298 e. The van der Waals surface area contributed by atoms with E-state index in [-0.39, 0.29) is 14.9 Å². The first kappa shape index (κ1) is 24.0. The Morgan fingerprint density at radius 3 is 1.84 bits per heavy atom. The standard InChI is InChI=1S/C33H32N3P/c1-23(33-21-25-11-3-5-13-28(25)31-16-8-9-17-32(31)33)35-18-19-36(37-34)22-26-20-24-10-2-4-12-27(24)30-15-7-6-14-29(26)30/h2-17,20-21,23,35,37H,18-19,22,34H2,1H3. The van der Waals surface area contributed by atoms with Gasteiger partial charge in [-0.15, -0.1) is 0 Å². The van der Waals surface area contributed by atoms with Gasteiger partial charge < -0.3 is 5.32 Å². The van der Waals surface area contributed by atoms with Gasteiger partial charge in [0.1, 0.15) is 0 Å². The van der Waals surface area contributed by atoms with Crippen LogP contribution >= 0.6 is 8.88 Å². The molecular formula is C33H32N3P. The zero-order valence-corrected chi connectivity index (χ0v) is 22.1. The summed E-state index contributed by atoms with van der Waals surface area (Å²) < 4.78 is 2.36. The summed E-state index contributed by atoms with van der Waals surface area (Å²) in [6.45, 7) is 4.88. The van der Waals surface area contributed by atoms with Gasteiger partial charge in [-0.25, -0.2) is 0 Å². The molecule has 3 nitrogen and oxygen atoms in total. The van der Waals surface area contributed by atoms with Gasteiger partial charge in [-0.05, 0) is 73.3 Å². The van der Waals surface area contributed by atoms with E-state index in [9.17, 15) is 0 Å². The van der Waals surface area contributed by atoms with Crippen LogP contribution in [0.3, 0.4) is 0 Å². The fraction of sp³-hybridized carbons (Fsp3) is 0.152. The van der Waals surface area contributed by atoms with E-state index in [0.29, 0.717) is 0 Å². The van der Waals surface area contributed by atoms with Crippen LogP contribution in [0, 0.1) is 0 Å². The SMILES string of the molecule is CC(NCCN(Cc1cc2ccccc2c2ccccc12)PN)c1cc2ccccc2c2ccccc12. The first-order chi connectivity index (χ1) is 18.2. The number of nitrogens with two attached hydrogens (primary N) is 1. The molecule has 3 N–H and O–H groups in total. The van der Waals surface area contributed by atoms with E-state index in [1.54, 1.807) is 0 Å². The van der Waals surface area contributed by atoms with Gasteiger partial charge in [-0.1, -0.05) is 97.1 Å². The predicted octanol–water partition coefficient (Wildman–Crippen LogP) is 7.92. The van der Waals surface area contributed by atoms with Gasteiger partial charge in [-0.3, -0.25) is 10.2 Å². The maximum atomic E-state index is 6.27. The number of rotatable bonds is 8. The lowest BCUT2D eigenvalue weighted by Gasteiger charge is -2.24. The zero-order chi connectivity index (χ0) is 25.2. The first-order valence-corrected chi connectivity index (χ1v) is 14.0.